The van der Waals surface area contributed by atoms with Crippen LogP contribution in [-0.2, 0) is 12.8 Å². The lowest BCUT2D eigenvalue weighted by Gasteiger charge is -1.97. The van der Waals surface area contributed by atoms with E-state index >= 15 is 0 Å². The lowest BCUT2D eigenvalue weighted by Crippen LogP contribution is -2.03. The Bertz CT molecular complexity index is 686. The molecule has 0 radical (unpaired) electrons. The van der Waals surface area contributed by atoms with Gasteiger partial charge in [0.2, 0.25) is 0 Å². The Balaban J connectivity index is 1.67. The van der Waals surface area contributed by atoms with Crippen LogP contribution in [0, 0.1) is 0 Å². The molecule has 1 aromatic carbocycles. The van der Waals surface area contributed by atoms with Crippen LogP contribution >= 0.6 is 22.7 Å². The van der Waals surface area contributed by atoms with Crippen molar-refractivity contribution in [2.75, 3.05) is 0 Å². The number of nitrogens with zero attached hydrogens (tertiary/aromatic N) is 1. The SMILES string of the molecule is O=C(Cc1csc(Cc2cccs2)n1)c1ccccc1. The first-order valence-electron chi connectivity index (χ1n) is 6.35. The van der Waals surface area contributed by atoms with Crippen molar-refractivity contribution in [2.45, 2.75) is 12.8 Å². The van der Waals surface area contributed by atoms with Gasteiger partial charge in [0.05, 0.1) is 17.1 Å². The average Bonchev–Trinajstić information content (AvgIpc) is 3.12. The van der Waals surface area contributed by atoms with Crippen LogP contribution in [0.15, 0.2) is 53.2 Å². The number of aromatic nitrogens is 1. The quantitative estimate of drug-likeness (QED) is 0.660. The minimum absolute atomic E-state index is 0.124. The Morgan fingerprint density at radius 2 is 1.90 bits per heavy atom. The maximum atomic E-state index is 12.1. The molecule has 0 atom stereocenters. The largest absolute Gasteiger partial charge is 0.294 e. The van der Waals surface area contributed by atoms with Gasteiger partial charge in [-0.05, 0) is 11.4 Å². The first-order chi connectivity index (χ1) is 9.81. The number of hydrogen-bond donors (Lipinski definition) is 0. The third kappa shape index (κ3) is 3.21. The van der Waals surface area contributed by atoms with Crippen LogP contribution in [0.25, 0.3) is 0 Å². The van der Waals surface area contributed by atoms with E-state index < -0.39 is 0 Å². The van der Waals surface area contributed by atoms with Gasteiger partial charge in [-0.2, -0.15) is 0 Å². The fourth-order valence-electron chi connectivity index (χ4n) is 1.96. The van der Waals surface area contributed by atoms with Crippen molar-refractivity contribution < 1.29 is 4.79 Å². The summed E-state index contributed by atoms with van der Waals surface area (Å²) in [6, 6.07) is 13.5. The van der Waals surface area contributed by atoms with E-state index in [1.165, 1.54) is 4.88 Å². The molecule has 3 rings (SSSR count). The monoisotopic (exact) mass is 299 g/mol. The zero-order valence-electron chi connectivity index (χ0n) is 10.8. The van der Waals surface area contributed by atoms with E-state index in [4.69, 9.17) is 0 Å². The molecule has 2 heterocycles. The van der Waals surface area contributed by atoms with Crippen molar-refractivity contribution in [3.8, 4) is 0 Å². The molecule has 0 fully saturated rings. The van der Waals surface area contributed by atoms with Gasteiger partial charge >= 0.3 is 0 Å². The Kier molecular flexibility index (Phi) is 4.04. The number of ketones is 1. The molecule has 0 aliphatic rings. The Morgan fingerprint density at radius 3 is 2.65 bits per heavy atom. The highest BCUT2D eigenvalue weighted by Crippen LogP contribution is 2.19. The van der Waals surface area contributed by atoms with E-state index in [2.05, 4.69) is 16.4 Å². The number of thiophene rings is 1. The van der Waals surface area contributed by atoms with E-state index in [0.717, 1.165) is 22.7 Å². The summed E-state index contributed by atoms with van der Waals surface area (Å²) in [5.41, 5.74) is 1.62. The number of thiazole rings is 1. The molecule has 0 saturated heterocycles. The highest BCUT2D eigenvalue weighted by molar-refractivity contribution is 7.11. The first-order valence-corrected chi connectivity index (χ1v) is 8.11. The van der Waals surface area contributed by atoms with Crippen LogP contribution in [0.2, 0.25) is 0 Å². The van der Waals surface area contributed by atoms with E-state index in [-0.39, 0.29) is 5.78 Å². The molecular weight excluding hydrogens is 286 g/mol. The number of benzene rings is 1. The molecular formula is C16H13NOS2. The van der Waals surface area contributed by atoms with Crippen molar-refractivity contribution in [1.82, 2.24) is 4.98 Å². The number of Topliss-reactive ketones (excluding diaryl/α,β-unsaturated/α-hetero) is 1. The van der Waals surface area contributed by atoms with Gasteiger partial charge in [0.15, 0.2) is 5.78 Å². The Morgan fingerprint density at radius 1 is 1.05 bits per heavy atom. The Hall–Kier alpha value is -1.78. The van der Waals surface area contributed by atoms with Gasteiger partial charge in [0.25, 0.3) is 0 Å². The third-order valence-corrected chi connectivity index (χ3v) is 4.72. The smallest absolute Gasteiger partial charge is 0.168 e. The van der Waals surface area contributed by atoms with Crippen LogP contribution in [0.5, 0.6) is 0 Å². The molecule has 0 amide bonds. The van der Waals surface area contributed by atoms with Gasteiger partial charge in [-0.15, -0.1) is 22.7 Å². The van der Waals surface area contributed by atoms with E-state index in [1.807, 2.05) is 41.8 Å². The molecule has 3 aromatic rings. The third-order valence-electron chi connectivity index (χ3n) is 2.94. The second kappa shape index (κ2) is 6.11. The molecule has 0 N–H and O–H groups in total. The fourth-order valence-corrected chi connectivity index (χ4v) is 3.58. The van der Waals surface area contributed by atoms with Crippen LogP contribution < -0.4 is 0 Å². The second-order valence-corrected chi connectivity index (χ2v) is 6.43. The number of rotatable bonds is 5. The van der Waals surface area contributed by atoms with Gasteiger partial charge < -0.3 is 0 Å². The summed E-state index contributed by atoms with van der Waals surface area (Å²) in [6.45, 7) is 0. The molecule has 100 valence electrons. The first kappa shape index (κ1) is 13.2. The topological polar surface area (TPSA) is 30.0 Å². The number of carbonyl (C=O) groups excluding carboxylic acids is 1. The molecule has 0 aliphatic heterocycles. The minimum Gasteiger partial charge on any atom is -0.294 e. The molecule has 2 aromatic heterocycles. The van der Waals surface area contributed by atoms with Crippen molar-refractivity contribution in [3.63, 3.8) is 0 Å². The summed E-state index contributed by atoms with van der Waals surface area (Å²) >= 11 is 3.37. The molecule has 0 spiro atoms. The summed E-state index contributed by atoms with van der Waals surface area (Å²) < 4.78 is 0. The standard InChI is InChI=1S/C16H13NOS2/c18-15(12-5-2-1-3-6-12)9-13-11-20-16(17-13)10-14-7-4-8-19-14/h1-8,11H,9-10H2. The van der Waals surface area contributed by atoms with Crippen molar-refractivity contribution in [2.24, 2.45) is 0 Å². The lowest BCUT2D eigenvalue weighted by atomic mass is 10.1. The highest BCUT2D eigenvalue weighted by Gasteiger charge is 2.10. The van der Waals surface area contributed by atoms with Crippen molar-refractivity contribution in [1.29, 1.82) is 0 Å². The fraction of sp³-hybridized carbons (Fsp3) is 0.125. The second-order valence-electron chi connectivity index (χ2n) is 4.45. The lowest BCUT2D eigenvalue weighted by molar-refractivity contribution is 0.0992. The number of carbonyl (C=O) groups is 1. The van der Waals surface area contributed by atoms with Gasteiger partial charge in [-0.25, -0.2) is 4.98 Å². The summed E-state index contributed by atoms with van der Waals surface area (Å²) in [7, 11) is 0. The molecule has 4 heteroatoms. The minimum atomic E-state index is 0.124. The predicted molar refractivity (Wildman–Crippen MR) is 83.7 cm³/mol. The van der Waals surface area contributed by atoms with Crippen LogP contribution in [0.1, 0.15) is 25.9 Å². The summed E-state index contributed by atoms with van der Waals surface area (Å²) in [4.78, 5) is 18.0. The molecule has 20 heavy (non-hydrogen) atoms. The van der Waals surface area contributed by atoms with E-state index in [1.54, 1.807) is 22.7 Å². The summed E-state index contributed by atoms with van der Waals surface area (Å²) in [5.74, 6) is 0.124. The zero-order valence-corrected chi connectivity index (χ0v) is 12.4. The molecule has 2 nitrogen and oxygen atoms in total. The Labute approximate surface area is 125 Å². The highest BCUT2D eigenvalue weighted by atomic mass is 32.1. The van der Waals surface area contributed by atoms with Gasteiger partial charge in [-0.3, -0.25) is 4.79 Å². The van der Waals surface area contributed by atoms with E-state index in [0.29, 0.717) is 6.42 Å². The van der Waals surface area contributed by atoms with Crippen LogP contribution in [-0.4, -0.2) is 10.8 Å². The predicted octanol–water partition coefficient (Wildman–Crippen LogP) is 4.22. The average molecular weight is 299 g/mol. The van der Waals surface area contributed by atoms with Crippen molar-refractivity contribution >= 4 is 28.5 Å². The maximum Gasteiger partial charge on any atom is 0.168 e. The summed E-state index contributed by atoms with van der Waals surface area (Å²) in [6.07, 6.45) is 1.24. The van der Waals surface area contributed by atoms with Gasteiger partial charge in [-0.1, -0.05) is 36.4 Å². The maximum absolute atomic E-state index is 12.1. The zero-order chi connectivity index (χ0) is 13.8. The van der Waals surface area contributed by atoms with E-state index in [9.17, 15) is 4.79 Å². The van der Waals surface area contributed by atoms with Crippen LogP contribution in [0.4, 0.5) is 0 Å². The number of hydrogen-bond acceptors (Lipinski definition) is 4. The molecule has 0 aliphatic carbocycles. The molecule has 0 saturated carbocycles. The normalized spacial score (nSPS) is 10.6. The van der Waals surface area contributed by atoms with Crippen LogP contribution in [0.3, 0.4) is 0 Å². The summed E-state index contributed by atoms with van der Waals surface area (Å²) in [5, 5.41) is 5.13. The van der Waals surface area contributed by atoms with Crippen molar-refractivity contribution in [3.05, 3.63) is 74.4 Å². The van der Waals surface area contributed by atoms with Gasteiger partial charge in [0, 0.05) is 22.2 Å². The van der Waals surface area contributed by atoms with Gasteiger partial charge in [0.1, 0.15) is 0 Å². The molecule has 0 unspecified atom stereocenters. The molecule has 0 bridgehead atoms.